The molecular formula is C15H21NO3. The molecule has 104 valence electrons. The molecule has 2 rings (SSSR count). The molecule has 4 nitrogen and oxygen atoms in total. The van der Waals surface area contributed by atoms with Crippen LogP contribution in [0.15, 0.2) is 18.2 Å². The van der Waals surface area contributed by atoms with Crippen molar-refractivity contribution in [2.75, 3.05) is 19.7 Å². The summed E-state index contributed by atoms with van der Waals surface area (Å²) in [4.78, 5) is 14.1. The molecular weight excluding hydrogens is 242 g/mol. The molecule has 1 amide bonds. The molecule has 19 heavy (non-hydrogen) atoms. The number of benzene rings is 1. The lowest BCUT2D eigenvalue weighted by Gasteiger charge is -2.31. The van der Waals surface area contributed by atoms with E-state index in [4.69, 9.17) is 4.74 Å². The summed E-state index contributed by atoms with van der Waals surface area (Å²) in [7, 11) is 0. The number of likely N-dealkylation sites (tertiary alicyclic amines) is 1. The van der Waals surface area contributed by atoms with Gasteiger partial charge < -0.3 is 14.7 Å². The van der Waals surface area contributed by atoms with Gasteiger partial charge in [0.15, 0.2) is 0 Å². The largest absolute Gasteiger partial charge is 0.508 e. The van der Waals surface area contributed by atoms with Gasteiger partial charge in [0.2, 0.25) is 0 Å². The van der Waals surface area contributed by atoms with E-state index in [-0.39, 0.29) is 17.8 Å². The second kappa shape index (κ2) is 6.06. The van der Waals surface area contributed by atoms with Crippen LogP contribution in [0.2, 0.25) is 0 Å². The second-order valence-corrected chi connectivity index (χ2v) is 4.95. The summed E-state index contributed by atoms with van der Waals surface area (Å²) in [6.07, 6.45) is 2.05. The Bertz CT molecular complexity index is 451. The fraction of sp³-hybridized carbons (Fsp3) is 0.533. The van der Waals surface area contributed by atoms with E-state index in [1.54, 1.807) is 18.2 Å². The third-order valence-electron chi connectivity index (χ3n) is 3.59. The van der Waals surface area contributed by atoms with Gasteiger partial charge in [0, 0.05) is 25.3 Å². The maximum Gasteiger partial charge on any atom is 0.253 e. The number of piperidine rings is 1. The number of rotatable bonds is 3. The molecule has 4 heteroatoms. The van der Waals surface area contributed by atoms with Crippen molar-refractivity contribution in [2.24, 2.45) is 0 Å². The summed E-state index contributed by atoms with van der Waals surface area (Å²) in [5.74, 6) is 0.167. The summed E-state index contributed by atoms with van der Waals surface area (Å²) in [6, 6.07) is 5.09. The Labute approximate surface area is 114 Å². The highest BCUT2D eigenvalue weighted by atomic mass is 16.5. The van der Waals surface area contributed by atoms with Gasteiger partial charge in [-0.25, -0.2) is 0 Å². The van der Waals surface area contributed by atoms with E-state index in [2.05, 4.69) is 0 Å². The van der Waals surface area contributed by atoms with Crippen molar-refractivity contribution in [2.45, 2.75) is 32.8 Å². The van der Waals surface area contributed by atoms with Crippen LogP contribution in [-0.4, -0.2) is 41.7 Å². The number of aromatic hydroxyl groups is 1. The number of ether oxygens (including phenoxy) is 1. The van der Waals surface area contributed by atoms with E-state index in [0.29, 0.717) is 5.56 Å². The minimum Gasteiger partial charge on any atom is -0.508 e. The number of aryl methyl sites for hydroxylation is 1. The number of amides is 1. The number of nitrogens with zero attached hydrogens (tertiary/aromatic N) is 1. The molecule has 0 bridgehead atoms. The lowest BCUT2D eigenvalue weighted by atomic mass is 10.1. The number of carbonyl (C=O) groups excluding carboxylic acids is 1. The van der Waals surface area contributed by atoms with Gasteiger partial charge in [0.05, 0.1) is 6.10 Å². The van der Waals surface area contributed by atoms with E-state index >= 15 is 0 Å². The first-order chi connectivity index (χ1) is 9.11. The smallest absolute Gasteiger partial charge is 0.253 e. The van der Waals surface area contributed by atoms with E-state index < -0.39 is 0 Å². The number of phenols is 1. The van der Waals surface area contributed by atoms with E-state index in [0.717, 1.165) is 38.1 Å². The molecule has 0 unspecified atom stereocenters. The van der Waals surface area contributed by atoms with Crippen molar-refractivity contribution in [3.63, 3.8) is 0 Å². The maximum absolute atomic E-state index is 12.3. The Balaban J connectivity index is 1.99. The third kappa shape index (κ3) is 3.26. The lowest BCUT2D eigenvalue weighted by Crippen LogP contribution is -2.40. The molecule has 0 atom stereocenters. The summed E-state index contributed by atoms with van der Waals surface area (Å²) in [5, 5.41) is 9.67. The number of hydrogen-bond donors (Lipinski definition) is 1. The summed E-state index contributed by atoms with van der Waals surface area (Å²) < 4.78 is 5.57. The SMILES string of the molecule is CCOC1CCN(C(=O)c2ccc(C)c(O)c2)CC1. The highest BCUT2D eigenvalue weighted by Crippen LogP contribution is 2.21. The fourth-order valence-electron chi connectivity index (χ4n) is 2.39. The normalized spacial score (nSPS) is 16.6. The Hall–Kier alpha value is -1.55. The molecule has 0 saturated carbocycles. The highest BCUT2D eigenvalue weighted by Gasteiger charge is 2.23. The maximum atomic E-state index is 12.3. The topological polar surface area (TPSA) is 49.8 Å². The first-order valence-electron chi connectivity index (χ1n) is 6.82. The van der Waals surface area contributed by atoms with Gasteiger partial charge in [-0.2, -0.15) is 0 Å². The Morgan fingerprint density at radius 3 is 2.68 bits per heavy atom. The van der Waals surface area contributed by atoms with Crippen molar-refractivity contribution in [1.29, 1.82) is 0 Å². The van der Waals surface area contributed by atoms with Crippen molar-refractivity contribution >= 4 is 5.91 Å². The average molecular weight is 263 g/mol. The van der Waals surface area contributed by atoms with Crippen LogP contribution in [0.25, 0.3) is 0 Å². The van der Waals surface area contributed by atoms with E-state index in [9.17, 15) is 9.90 Å². The minimum atomic E-state index is -0.00903. The summed E-state index contributed by atoms with van der Waals surface area (Å²) >= 11 is 0. The zero-order chi connectivity index (χ0) is 13.8. The molecule has 0 radical (unpaired) electrons. The van der Waals surface area contributed by atoms with Crippen molar-refractivity contribution in [3.05, 3.63) is 29.3 Å². The standard InChI is InChI=1S/C15H21NO3/c1-3-19-13-6-8-16(9-7-13)15(18)12-5-4-11(2)14(17)10-12/h4-5,10,13,17H,3,6-9H2,1-2H3. The Kier molecular flexibility index (Phi) is 4.43. The van der Waals surface area contributed by atoms with Gasteiger partial charge in [0.25, 0.3) is 5.91 Å². The van der Waals surface area contributed by atoms with Crippen molar-refractivity contribution < 1.29 is 14.6 Å². The van der Waals surface area contributed by atoms with Crippen LogP contribution in [-0.2, 0) is 4.74 Å². The first kappa shape index (κ1) is 13.9. The van der Waals surface area contributed by atoms with Crippen molar-refractivity contribution in [1.82, 2.24) is 4.90 Å². The molecule has 1 heterocycles. The van der Waals surface area contributed by atoms with Crippen LogP contribution in [0.4, 0.5) is 0 Å². The number of phenolic OH excluding ortho intramolecular Hbond substituents is 1. The zero-order valence-corrected chi connectivity index (χ0v) is 11.6. The highest BCUT2D eigenvalue weighted by molar-refractivity contribution is 5.94. The van der Waals surface area contributed by atoms with Gasteiger partial charge in [-0.15, -0.1) is 0 Å². The summed E-state index contributed by atoms with van der Waals surface area (Å²) in [6.45, 7) is 5.98. The van der Waals surface area contributed by atoms with E-state index in [1.807, 2.05) is 18.7 Å². The first-order valence-corrected chi connectivity index (χ1v) is 6.82. The second-order valence-electron chi connectivity index (χ2n) is 4.95. The predicted octanol–water partition coefficient (Wildman–Crippen LogP) is 2.34. The van der Waals surface area contributed by atoms with Crippen LogP contribution in [0.5, 0.6) is 5.75 Å². The summed E-state index contributed by atoms with van der Waals surface area (Å²) in [5.41, 5.74) is 1.34. The molecule has 0 spiro atoms. The molecule has 1 saturated heterocycles. The molecule has 1 aromatic carbocycles. The Morgan fingerprint density at radius 1 is 1.42 bits per heavy atom. The Morgan fingerprint density at radius 2 is 2.11 bits per heavy atom. The van der Waals surface area contributed by atoms with Gasteiger partial charge >= 0.3 is 0 Å². The zero-order valence-electron chi connectivity index (χ0n) is 11.6. The average Bonchev–Trinajstić information content (AvgIpc) is 2.42. The third-order valence-corrected chi connectivity index (χ3v) is 3.59. The van der Waals surface area contributed by atoms with E-state index in [1.165, 1.54) is 0 Å². The monoisotopic (exact) mass is 263 g/mol. The molecule has 1 N–H and O–H groups in total. The predicted molar refractivity (Wildman–Crippen MR) is 73.4 cm³/mol. The fourth-order valence-corrected chi connectivity index (χ4v) is 2.39. The van der Waals surface area contributed by atoms with Crippen molar-refractivity contribution in [3.8, 4) is 5.75 Å². The van der Waals surface area contributed by atoms with Gasteiger partial charge in [-0.1, -0.05) is 6.07 Å². The van der Waals surface area contributed by atoms with Crippen LogP contribution >= 0.6 is 0 Å². The lowest BCUT2D eigenvalue weighted by molar-refractivity contribution is 0.0146. The minimum absolute atomic E-state index is 0.00903. The van der Waals surface area contributed by atoms with Crippen LogP contribution in [0, 0.1) is 6.92 Å². The molecule has 1 fully saturated rings. The van der Waals surface area contributed by atoms with Crippen LogP contribution < -0.4 is 0 Å². The van der Waals surface area contributed by atoms with Gasteiger partial charge in [-0.3, -0.25) is 4.79 Å². The number of carbonyl (C=O) groups is 1. The van der Waals surface area contributed by atoms with Crippen LogP contribution in [0.1, 0.15) is 35.7 Å². The van der Waals surface area contributed by atoms with Crippen LogP contribution in [0.3, 0.4) is 0 Å². The molecule has 0 aliphatic carbocycles. The quantitative estimate of drug-likeness (QED) is 0.910. The molecule has 1 aromatic rings. The molecule has 1 aliphatic heterocycles. The molecule has 1 aliphatic rings. The number of hydrogen-bond acceptors (Lipinski definition) is 3. The van der Waals surface area contributed by atoms with Gasteiger partial charge in [0.1, 0.15) is 5.75 Å². The van der Waals surface area contributed by atoms with Gasteiger partial charge in [-0.05, 0) is 44.4 Å². The molecule has 0 aromatic heterocycles.